The highest BCUT2D eigenvalue weighted by Gasteiger charge is 2.18. The van der Waals surface area contributed by atoms with E-state index in [0.717, 1.165) is 42.9 Å². The second kappa shape index (κ2) is 5.92. The van der Waals surface area contributed by atoms with Gasteiger partial charge in [-0.05, 0) is 19.9 Å². The molecule has 0 spiro atoms. The Labute approximate surface area is 123 Å². The molecule has 3 rings (SSSR count). The first-order valence-electron chi connectivity index (χ1n) is 7.12. The number of ether oxygens (including phenoxy) is 1. The molecule has 3 N–H and O–H groups in total. The molecule has 1 fully saturated rings. The second-order valence-electron chi connectivity index (χ2n) is 5.47. The van der Waals surface area contributed by atoms with E-state index >= 15 is 0 Å². The molecule has 1 saturated heterocycles. The average Bonchev–Trinajstić information content (AvgIpc) is 3.09. The van der Waals surface area contributed by atoms with Crippen LogP contribution in [-0.2, 0) is 18.3 Å². The smallest absolute Gasteiger partial charge is 0.163 e. The first kappa shape index (κ1) is 14.2. The number of fused-ring (bicyclic) bond motifs is 1. The predicted octanol–water partition coefficient (Wildman–Crippen LogP) is 0.260. The van der Waals surface area contributed by atoms with Crippen LogP contribution in [0.4, 0.5) is 5.82 Å². The van der Waals surface area contributed by atoms with Crippen LogP contribution < -0.4 is 11.3 Å². The minimum atomic E-state index is 0.322. The number of nitrogen functional groups attached to an aromatic ring is 1. The van der Waals surface area contributed by atoms with Crippen molar-refractivity contribution in [3.8, 4) is 0 Å². The molecule has 0 aliphatic carbocycles. The molecule has 2 aromatic heterocycles. The van der Waals surface area contributed by atoms with Crippen molar-refractivity contribution in [2.24, 2.45) is 12.9 Å². The van der Waals surface area contributed by atoms with Gasteiger partial charge in [0.15, 0.2) is 11.5 Å². The molecule has 3 heterocycles. The van der Waals surface area contributed by atoms with Crippen LogP contribution in [0.15, 0.2) is 6.20 Å². The SMILES string of the molecule is CN(Cc1nc(NN)c2cnn(C)c2n1)CC1CCCO1. The van der Waals surface area contributed by atoms with Crippen LogP contribution >= 0.6 is 0 Å². The van der Waals surface area contributed by atoms with E-state index in [2.05, 4.69) is 25.4 Å². The summed E-state index contributed by atoms with van der Waals surface area (Å²) < 4.78 is 7.38. The molecular weight excluding hydrogens is 270 g/mol. The highest BCUT2D eigenvalue weighted by Crippen LogP contribution is 2.19. The maximum absolute atomic E-state index is 5.65. The van der Waals surface area contributed by atoms with Crippen molar-refractivity contribution in [2.45, 2.75) is 25.5 Å². The number of nitrogens with two attached hydrogens (primary N) is 1. The highest BCUT2D eigenvalue weighted by atomic mass is 16.5. The maximum atomic E-state index is 5.65. The molecule has 8 heteroatoms. The van der Waals surface area contributed by atoms with E-state index in [1.807, 2.05) is 14.1 Å². The van der Waals surface area contributed by atoms with Crippen LogP contribution in [0.25, 0.3) is 11.0 Å². The first-order chi connectivity index (χ1) is 10.2. The number of hydrogen-bond acceptors (Lipinski definition) is 7. The van der Waals surface area contributed by atoms with Crippen molar-refractivity contribution < 1.29 is 4.74 Å². The lowest BCUT2D eigenvalue weighted by Crippen LogP contribution is -2.29. The molecule has 0 radical (unpaired) electrons. The van der Waals surface area contributed by atoms with Gasteiger partial charge in [-0.15, -0.1) is 0 Å². The third kappa shape index (κ3) is 2.97. The van der Waals surface area contributed by atoms with E-state index in [4.69, 9.17) is 10.6 Å². The van der Waals surface area contributed by atoms with Gasteiger partial charge in [-0.1, -0.05) is 0 Å². The number of aryl methyl sites for hydroxylation is 1. The summed E-state index contributed by atoms with van der Waals surface area (Å²) in [5.41, 5.74) is 3.40. The van der Waals surface area contributed by atoms with Gasteiger partial charge in [0.2, 0.25) is 0 Å². The van der Waals surface area contributed by atoms with Crippen molar-refractivity contribution in [1.29, 1.82) is 0 Å². The third-order valence-corrected chi connectivity index (χ3v) is 3.73. The van der Waals surface area contributed by atoms with Crippen molar-refractivity contribution in [1.82, 2.24) is 24.6 Å². The van der Waals surface area contributed by atoms with E-state index in [1.54, 1.807) is 10.9 Å². The number of nitrogens with one attached hydrogen (secondary N) is 1. The van der Waals surface area contributed by atoms with Crippen molar-refractivity contribution in [3.05, 3.63) is 12.0 Å². The predicted molar refractivity (Wildman–Crippen MR) is 79.4 cm³/mol. The van der Waals surface area contributed by atoms with E-state index in [1.165, 1.54) is 0 Å². The van der Waals surface area contributed by atoms with Gasteiger partial charge in [-0.2, -0.15) is 5.10 Å². The Morgan fingerprint density at radius 2 is 2.38 bits per heavy atom. The number of nitrogens with zero attached hydrogens (tertiary/aromatic N) is 5. The summed E-state index contributed by atoms with van der Waals surface area (Å²) in [4.78, 5) is 11.2. The fraction of sp³-hybridized carbons (Fsp3) is 0.615. The third-order valence-electron chi connectivity index (χ3n) is 3.73. The number of likely N-dealkylation sites (N-methyl/N-ethyl adjacent to an activating group) is 1. The van der Waals surface area contributed by atoms with Crippen LogP contribution in [0.1, 0.15) is 18.7 Å². The van der Waals surface area contributed by atoms with Gasteiger partial charge in [0, 0.05) is 20.2 Å². The summed E-state index contributed by atoms with van der Waals surface area (Å²) in [6.45, 7) is 2.41. The Bertz CT molecular complexity index is 620. The minimum Gasteiger partial charge on any atom is -0.377 e. The molecule has 0 saturated carbocycles. The van der Waals surface area contributed by atoms with Crippen LogP contribution in [0.3, 0.4) is 0 Å². The standard InChI is InChI=1S/C13H21N7O/c1-19(7-9-4-3-5-21-9)8-11-16-12(18-14)10-6-15-20(2)13(10)17-11/h6,9H,3-5,7-8,14H2,1-2H3,(H,16,17,18). The fourth-order valence-electron chi connectivity index (χ4n) is 2.69. The summed E-state index contributed by atoms with van der Waals surface area (Å²) in [5, 5.41) is 5.02. The van der Waals surface area contributed by atoms with Gasteiger partial charge in [-0.25, -0.2) is 15.8 Å². The summed E-state index contributed by atoms with van der Waals surface area (Å²) >= 11 is 0. The zero-order valence-corrected chi connectivity index (χ0v) is 12.4. The molecule has 8 nitrogen and oxygen atoms in total. The van der Waals surface area contributed by atoms with E-state index in [9.17, 15) is 0 Å². The highest BCUT2D eigenvalue weighted by molar-refractivity contribution is 5.86. The summed E-state index contributed by atoms with van der Waals surface area (Å²) in [6, 6.07) is 0. The van der Waals surface area contributed by atoms with Crippen molar-refractivity contribution in [3.63, 3.8) is 0 Å². The van der Waals surface area contributed by atoms with Gasteiger partial charge in [0.05, 0.1) is 24.2 Å². The number of anilines is 1. The minimum absolute atomic E-state index is 0.322. The molecule has 1 unspecified atom stereocenters. The van der Waals surface area contributed by atoms with Crippen LogP contribution in [0.5, 0.6) is 0 Å². The number of aromatic nitrogens is 4. The first-order valence-corrected chi connectivity index (χ1v) is 7.12. The van der Waals surface area contributed by atoms with Gasteiger partial charge in [0.1, 0.15) is 5.82 Å². The van der Waals surface area contributed by atoms with Crippen LogP contribution in [0, 0.1) is 0 Å². The molecule has 21 heavy (non-hydrogen) atoms. The second-order valence-corrected chi connectivity index (χ2v) is 5.47. The number of hydrogen-bond donors (Lipinski definition) is 2. The van der Waals surface area contributed by atoms with Crippen LogP contribution in [-0.4, -0.2) is 51.0 Å². The molecule has 2 aromatic rings. The topological polar surface area (TPSA) is 94.1 Å². The van der Waals surface area contributed by atoms with Crippen LogP contribution in [0.2, 0.25) is 0 Å². The summed E-state index contributed by atoms with van der Waals surface area (Å²) in [7, 11) is 3.91. The lowest BCUT2D eigenvalue weighted by Gasteiger charge is -2.19. The number of rotatable bonds is 5. The van der Waals surface area contributed by atoms with Crippen molar-refractivity contribution in [2.75, 3.05) is 25.6 Å². The fourth-order valence-corrected chi connectivity index (χ4v) is 2.69. The van der Waals surface area contributed by atoms with Gasteiger partial charge in [0.25, 0.3) is 0 Å². The van der Waals surface area contributed by atoms with Gasteiger partial charge in [-0.3, -0.25) is 9.58 Å². The largest absolute Gasteiger partial charge is 0.377 e. The van der Waals surface area contributed by atoms with Gasteiger partial charge >= 0.3 is 0 Å². The molecule has 0 aromatic carbocycles. The Balaban J connectivity index is 1.77. The molecular formula is C13H21N7O. The normalized spacial score (nSPS) is 18.8. The van der Waals surface area contributed by atoms with Crippen molar-refractivity contribution >= 4 is 16.9 Å². The molecule has 0 amide bonds. The number of hydrazine groups is 1. The molecule has 114 valence electrons. The van der Waals surface area contributed by atoms with E-state index in [-0.39, 0.29) is 0 Å². The Kier molecular flexibility index (Phi) is 4.00. The molecule has 1 atom stereocenters. The summed E-state index contributed by atoms with van der Waals surface area (Å²) in [6.07, 6.45) is 4.31. The zero-order chi connectivity index (χ0) is 14.8. The molecule has 0 bridgehead atoms. The quantitative estimate of drug-likeness (QED) is 0.602. The zero-order valence-electron chi connectivity index (χ0n) is 12.4. The molecule has 1 aliphatic rings. The monoisotopic (exact) mass is 291 g/mol. The van der Waals surface area contributed by atoms with E-state index < -0.39 is 0 Å². The Hall–Kier alpha value is -1.77. The lowest BCUT2D eigenvalue weighted by molar-refractivity contribution is 0.0786. The maximum Gasteiger partial charge on any atom is 0.163 e. The Morgan fingerprint density at radius 3 is 3.10 bits per heavy atom. The van der Waals surface area contributed by atoms with E-state index in [0.29, 0.717) is 18.5 Å². The Morgan fingerprint density at radius 1 is 1.52 bits per heavy atom. The summed E-state index contributed by atoms with van der Waals surface area (Å²) in [5.74, 6) is 6.87. The van der Waals surface area contributed by atoms with Gasteiger partial charge < -0.3 is 10.2 Å². The molecule has 1 aliphatic heterocycles. The average molecular weight is 291 g/mol. The lowest BCUT2D eigenvalue weighted by atomic mass is 10.2.